The van der Waals surface area contributed by atoms with Gasteiger partial charge in [0.2, 0.25) is 5.91 Å². The second kappa shape index (κ2) is 10.3. The molecule has 0 heterocycles. The first kappa shape index (κ1) is 16.1. The number of rotatable bonds is 10. The van der Waals surface area contributed by atoms with Crippen LogP contribution in [-0.4, -0.2) is 37.7 Å². The molecule has 0 saturated carbocycles. The fourth-order valence-electron chi connectivity index (χ4n) is 1.28. The summed E-state index contributed by atoms with van der Waals surface area (Å²) in [5.41, 5.74) is 0. The van der Waals surface area contributed by atoms with Crippen LogP contribution >= 0.6 is 0 Å². The fourth-order valence-corrected chi connectivity index (χ4v) is 1.28. The number of amides is 1. The summed E-state index contributed by atoms with van der Waals surface area (Å²) in [6.07, 6.45) is 4.01. The molecule has 0 aromatic rings. The van der Waals surface area contributed by atoms with Crippen molar-refractivity contribution in [2.45, 2.75) is 45.8 Å². The Morgan fingerprint density at radius 3 is 2.65 bits per heavy atom. The number of hydrogen-bond acceptors (Lipinski definition) is 3. The second-order valence-corrected chi connectivity index (χ2v) is 4.34. The number of nitrogens with one attached hydrogen (secondary N) is 2. The molecule has 0 aliphatic heterocycles. The van der Waals surface area contributed by atoms with Gasteiger partial charge in [-0.05, 0) is 40.2 Å². The standard InChI is InChI=1S/C13H26N2O2/c1-5-8-15-13(16)12(4)14-9-6-7-10-17-11(2)3/h5,11-12,14H,1,6-10H2,2-4H3,(H,15,16). The molecule has 17 heavy (non-hydrogen) atoms. The minimum atomic E-state index is -0.152. The monoisotopic (exact) mass is 242 g/mol. The smallest absolute Gasteiger partial charge is 0.237 e. The van der Waals surface area contributed by atoms with Crippen LogP contribution in [0.4, 0.5) is 0 Å². The largest absolute Gasteiger partial charge is 0.379 e. The highest BCUT2D eigenvalue weighted by atomic mass is 16.5. The average molecular weight is 242 g/mol. The van der Waals surface area contributed by atoms with E-state index in [-0.39, 0.29) is 11.9 Å². The molecule has 0 aliphatic carbocycles. The first-order valence-corrected chi connectivity index (χ1v) is 6.31. The third kappa shape index (κ3) is 10.0. The average Bonchev–Trinajstić information content (AvgIpc) is 2.29. The summed E-state index contributed by atoms with van der Waals surface area (Å²) in [7, 11) is 0. The highest BCUT2D eigenvalue weighted by Crippen LogP contribution is 1.94. The molecule has 0 saturated heterocycles. The Kier molecular flexibility index (Phi) is 9.77. The summed E-state index contributed by atoms with van der Waals surface area (Å²) in [6.45, 7) is 11.6. The number of carbonyl (C=O) groups excluding carboxylic acids is 1. The van der Waals surface area contributed by atoms with Crippen molar-refractivity contribution in [2.24, 2.45) is 0 Å². The van der Waals surface area contributed by atoms with Gasteiger partial charge in [-0.2, -0.15) is 0 Å². The normalized spacial score (nSPS) is 12.5. The van der Waals surface area contributed by atoms with Gasteiger partial charge < -0.3 is 15.4 Å². The van der Waals surface area contributed by atoms with Gasteiger partial charge in [-0.15, -0.1) is 6.58 Å². The molecule has 0 spiro atoms. The lowest BCUT2D eigenvalue weighted by atomic mass is 10.2. The van der Waals surface area contributed by atoms with Crippen molar-refractivity contribution in [2.75, 3.05) is 19.7 Å². The molecule has 0 fully saturated rings. The van der Waals surface area contributed by atoms with E-state index in [4.69, 9.17) is 4.74 Å². The Morgan fingerprint density at radius 1 is 1.35 bits per heavy atom. The van der Waals surface area contributed by atoms with Gasteiger partial charge in [0.15, 0.2) is 0 Å². The van der Waals surface area contributed by atoms with E-state index in [0.717, 1.165) is 26.0 Å². The van der Waals surface area contributed by atoms with Gasteiger partial charge in [0, 0.05) is 13.2 Å². The van der Waals surface area contributed by atoms with Crippen molar-refractivity contribution in [3.63, 3.8) is 0 Å². The van der Waals surface area contributed by atoms with Crippen molar-refractivity contribution in [1.29, 1.82) is 0 Å². The summed E-state index contributed by atoms with van der Waals surface area (Å²) < 4.78 is 5.43. The van der Waals surface area contributed by atoms with Gasteiger partial charge >= 0.3 is 0 Å². The molecule has 0 rings (SSSR count). The van der Waals surface area contributed by atoms with E-state index in [1.807, 2.05) is 20.8 Å². The molecule has 0 radical (unpaired) electrons. The maximum Gasteiger partial charge on any atom is 0.237 e. The number of unbranched alkanes of at least 4 members (excludes halogenated alkanes) is 1. The van der Waals surface area contributed by atoms with Crippen LogP contribution in [0.25, 0.3) is 0 Å². The van der Waals surface area contributed by atoms with Crippen molar-refractivity contribution in [3.8, 4) is 0 Å². The van der Waals surface area contributed by atoms with Gasteiger partial charge in [-0.1, -0.05) is 6.08 Å². The van der Waals surface area contributed by atoms with Crippen LogP contribution in [-0.2, 0) is 9.53 Å². The molecule has 4 heteroatoms. The third-order valence-corrected chi connectivity index (χ3v) is 2.29. The molecule has 0 aliphatic rings. The molecular formula is C13H26N2O2. The number of hydrogen-bond donors (Lipinski definition) is 2. The van der Waals surface area contributed by atoms with Crippen LogP contribution in [0.3, 0.4) is 0 Å². The van der Waals surface area contributed by atoms with Gasteiger partial charge in [-0.3, -0.25) is 4.79 Å². The minimum Gasteiger partial charge on any atom is -0.379 e. The van der Waals surface area contributed by atoms with Crippen LogP contribution in [0, 0.1) is 0 Å². The lowest BCUT2D eigenvalue weighted by Gasteiger charge is -2.13. The first-order valence-electron chi connectivity index (χ1n) is 6.31. The molecule has 1 unspecified atom stereocenters. The Labute approximate surface area is 105 Å². The zero-order chi connectivity index (χ0) is 13.1. The zero-order valence-corrected chi connectivity index (χ0v) is 11.3. The van der Waals surface area contributed by atoms with Crippen LogP contribution in [0.5, 0.6) is 0 Å². The van der Waals surface area contributed by atoms with E-state index in [0.29, 0.717) is 12.6 Å². The highest BCUT2D eigenvalue weighted by Gasteiger charge is 2.09. The summed E-state index contributed by atoms with van der Waals surface area (Å²) in [4.78, 5) is 11.5. The summed E-state index contributed by atoms with van der Waals surface area (Å²) in [6, 6.07) is -0.152. The summed E-state index contributed by atoms with van der Waals surface area (Å²) in [5, 5.41) is 5.93. The summed E-state index contributed by atoms with van der Waals surface area (Å²) in [5.74, 6) is 0.0170. The molecule has 4 nitrogen and oxygen atoms in total. The number of ether oxygens (including phenoxy) is 1. The second-order valence-electron chi connectivity index (χ2n) is 4.34. The van der Waals surface area contributed by atoms with Crippen LogP contribution < -0.4 is 10.6 Å². The third-order valence-electron chi connectivity index (χ3n) is 2.29. The minimum absolute atomic E-state index is 0.0170. The molecule has 1 atom stereocenters. The lowest BCUT2D eigenvalue weighted by molar-refractivity contribution is -0.122. The van der Waals surface area contributed by atoms with E-state index < -0.39 is 0 Å². The SMILES string of the molecule is C=CCNC(=O)C(C)NCCCCOC(C)C. The number of carbonyl (C=O) groups is 1. The Bertz CT molecular complexity index is 217. The van der Waals surface area contributed by atoms with Crippen LogP contribution in [0.1, 0.15) is 33.6 Å². The van der Waals surface area contributed by atoms with Crippen molar-refractivity contribution < 1.29 is 9.53 Å². The van der Waals surface area contributed by atoms with E-state index >= 15 is 0 Å². The quantitative estimate of drug-likeness (QED) is 0.450. The van der Waals surface area contributed by atoms with Crippen molar-refractivity contribution in [1.82, 2.24) is 10.6 Å². The maximum atomic E-state index is 11.5. The van der Waals surface area contributed by atoms with Gasteiger partial charge in [-0.25, -0.2) is 0 Å². The predicted molar refractivity (Wildman–Crippen MR) is 71.0 cm³/mol. The topological polar surface area (TPSA) is 50.4 Å². The molecule has 0 bridgehead atoms. The molecular weight excluding hydrogens is 216 g/mol. The van der Waals surface area contributed by atoms with Crippen molar-refractivity contribution >= 4 is 5.91 Å². The van der Waals surface area contributed by atoms with Gasteiger partial charge in [0.25, 0.3) is 0 Å². The maximum absolute atomic E-state index is 11.5. The van der Waals surface area contributed by atoms with E-state index in [2.05, 4.69) is 17.2 Å². The molecule has 0 aromatic carbocycles. The highest BCUT2D eigenvalue weighted by molar-refractivity contribution is 5.81. The Hall–Kier alpha value is -0.870. The molecule has 1 amide bonds. The Morgan fingerprint density at radius 2 is 2.06 bits per heavy atom. The lowest BCUT2D eigenvalue weighted by Crippen LogP contribution is -2.42. The van der Waals surface area contributed by atoms with Crippen LogP contribution in [0.15, 0.2) is 12.7 Å². The molecule has 2 N–H and O–H groups in total. The van der Waals surface area contributed by atoms with Crippen LogP contribution in [0.2, 0.25) is 0 Å². The first-order chi connectivity index (χ1) is 8.07. The van der Waals surface area contributed by atoms with E-state index in [1.54, 1.807) is 6.08 Å². The van der Waals surface area contributed by atoms with Crippen molar-refractivity contribution in [3.05, 3.63) is 12.7 Å². The van der Waals surface area contributed by atoms with Gasteiger partial charge in [0.1, 0.15) is 0 Å². The molecule has 100 valence electrons. The zero-order valence-electron chi connectivity index (χ0n) is 11.3. The Balaban J connectivity index is 3.41. The van der Waals surface area contributed by atoms with E-state index in [1.165, 1.54) is 0 Å². The fraction of sp³-hybridized carbons (Fsp3) is 0.769. The predicted octanol–water partition coefficient (Wildman–Crippen LogP) is 1.47. The molecule has 0 aromatic heterocycles. The van der Waals surface area contributed by atoms with E-state index in [9.17, 15) is 4.79 Å². The summed E-state index contributed by atoms with van der Waals surface area (Å²) >= 11 is 0. The van der Waals surface area contributed by atoms with Gasteiger partial charge in [0.05, 0.1) is 12.1 Å².